The number of hydrogen-bond donors (Lipinski definition) is 1. The number of carbonyl (C=O) groups is 2. The maximum absolute atomic E-state index is 13.2. The number of ketones is 1. The number of aromatic nitrogens is 2. The van der Waals surface area contributed by atoms with Gasteiger partial charge < -0.3 is 19.6 Å². The van der Waals surface area contributed by atoms with Crippen molar-refractivity contribution >= 4 is 23.1 Å². The van der Waals surface area contributed by atoms with Crippen molar-refractivity contribution in [1.29, 1.82) is 0 Å². The van der Waals surface area contributed by atoms with Crippen molar-refractivity contribution in [2.75, 3.05) is 33.8 Å². The lowest BCUT2D eigenvalue weighted by molar-refractivity contribution is -0.140. The maximum atomic E-state index is 13.2. The predicted molar refractivity (Wildman–Crippen MR) is 130 cm³/mol. The van der Waals surface area contributed by atoms with Crippen molar-refractivity contribution in [3.8, 4) is 5.75 Å². The first kappa shape index (κ1) is 23.3. The Kier molecular flexibility index (Phi) is 6.51. The normalized spacial score (nSPS) is 17.6. The van der Waals surface area contributed by atoms with E-state index in [1.54, 1.807) is 35.7 Å². The third kappa shape index (κ3) is 4.20. The third-order valence-corrected chi connectivity index (χ3v) is 5.82. The highest BCUT2D eigenvalue weighted by Gasteiger charge is 2.46. The van der Waals surface area contributed by atoms with Crippen LogP contribution >= 0.6 is 0 Å². The van der Waals surface area contributed by atoms with Crippen LogP contribution in [0, 0.1) is 6.92 Å². The van der Waals surface area contributed by atoms with E-state index in [-0.39, 0.29) is 11.3 Å². The number of likely N-dealkylation sites (tertiary alicyclic amines) is 1. The molecule has 1 amide bonds. The summed E-state index contributed by atoms with van der Waals surface area (Å²) in [5.74, 6) is -0.934. The average molecular weight is 461 g/mol. The minimum absolute atomic E-state index is 0.0530. The molecule has 1 unspecified atom stereocenters. The number of likely N-dealkylation sites (N-methyl/N-ethyl adjacent to an activating group) is 1. The van der Waals surface area contributed by atoms with Gasteiger partial charge >= 0.3 is 0 Å². The van der Waals surface area contributed by atoms with E-state index < -0.39 is 17.7 Å². The van der Waals surface area contributed by atoms with Gasteiger partial charge in [0.1, 0.15) is 23.7 Å². The van der Waals surface area contributed by atoms with Crippen LogP contribution in [0.25, 0.3) is 11.4 Å². The molecule has 1 fully saturated rings. The number of Topliss-reactive ketones (excluding diaryl/α,β-unsaturated/α-hetero) is 1. The van der Waals surface area contributed by atoms with Gasteiger partial charge in [-0.1, -0.05) is 30.9 Å². The highest BCUT2D eigenvalue weighted by molar-refractivity contribution is 6.46. The van der Waals surface area contributed by atoms with Gasteiger partial charge in [0.2, 0.25) is 0 Å². The van der Waals surface area contributed by atoms with Crippen LogP contribution in [-0.2, 0) is 9.59 Å². The van der Waals surface area contributed by atoms with Crippen molar-refractivity contribution in [3.05, 3.63) is 83.8 Å². The molecule has 1 aliphatic rings. The lowest BCUT2D eigenvalue weighted by Gasteiger charge is -2.26. The maximum Gasteiger partial charge on any atom is 0.295 e. The fourth-order valence-electron chi connectivity index (χ4n) is 4.19. The number of aliphatic hydroxyl groups excluding tert-OH is 1. The van der Waals surface area contributed by atoms with Gasteiger partial charge in [0, 0.05) is 19.3 Å². The Hall–Kier alpha value is -3.91. The third-order valence-electron chi connectivity index (χ3n) is 5.82. The van der Waals surface area contributed by atoms with Gasteiger partial charge in [0.05, 0.1) is 17.3 Å². The van der Waals surface area contributed by atoms with Crippen molar-refractivity contribution in [3.63, 3.8) is 0 Å². The average Bonchev–Trinajstić information content (AvgIpc) is 3.29. The molecule has 1 aromatic carbocycles. The molecule has 0 aliphatic carbocycles. The first-order valence-corrected chi connectivity index (χ1v) is 11.0. The SMILES string of the molecule is C=CCOc1ccc(C2/C(=C(\O)c3c(C)nc4ccccn34)C(=O)C(=O)N2CCN(C)C)cc1. The van der Waals surface area contributed by atoms with Gasteiger partial charge in [0.15, 0.2) is 5.76 Å². The summed E-state index contributed by atoms with van der Waals surface area (Å²) < 4.78 is 7.30. The molecule has 1 atom stereocenters. The molecule has 4 rings (SSSR count). The molecule has 0 saturated carbocycles. The zero-order chi connectivity index (χ0) is 24.4. The number of amides is 1. The number of rotatable bonds is 8. The number of aryl methyl sites for hydroxylation is 1. The number of nitrogens with zero attached hydrogens (tertiary/aromatic N) is 4. The van der Waals surface area contributed by atoms with Gasteiger partial charge in [-0.3, -0.25) is 14.0 Å². The Morgan fingerprint density at radius 3 is 2.62 bits per heavy atom. The fraction of sp³-hybridized carbons (Fsp3) is 0.269. The summed E-state index contributed by atoms with van der Waals surface area (Å²) in [6, 6.07) is 11.9. The lowest BCUT2D eigenvalue weighted by Crippen LogP contribution is -2.35. The summed E-state index contributed by atoms with van der Waals surface area (Å²) in [7, 11) is 3.80. The molecular formula is C26H28N4O4. The molecule has 34 heavy (non-hydrogen) atoms. The molecule has 3 heterocycles. The monoisotopic (exact) mass is 460 g/mol. The Morgan fingerprint density at radius 1 is 1.21 bits per heavy atom. The number of aliphatic hydroxyl groups is 1. The molecule has 8 heteroatoms. The molecule has 3 aromatic rings. The standard InChI is InChI=1S/C26H28N4O4/c1-5-16-34-19-11-9-18(10-12-19)23-21(25(32)26(33)30(23)15-14-28(3)4)24(31)22-17(2)27-20-8-6-7-13-29(20)22/h5-13,23,31H,1,14-16H2,2-4H3/b24-21+. The van der Waals surface area contributed by atoms with E-state index >= 15 is 0 Å². The fourth-order valence-corrected chi connectivity index (χ4v) is 4.19. The number of pyridine rings is 1. The molecule has 8 nitrogen and oxygen atoms in total. The molecule has 0 spiro atoms. The Bertz CT molecular complexity index is 1270. The van der Waals surface area contributed by atoms with Gasteiger partial charge in [-0.2, -0.15) is 0 Å². The van der Waals surface area contributed by atoms with E-state index in [9.17, 15) is 14.7 Å². The zero-order valence-corrected chi connectivity index (χ0v) is 19.6. The molecular weight excluding hydrogens is 432 g/mol. The summed E-state index contributed by atoms with van der Waals surface area (Å²) in [5.41, 5.74) is 2.37. The largest absolute Gasteiger partial charge is 0.505 e. The van der Waals surface area contributed by atoms with E-state index in [1.807, 2.05) is 49.3 Å². The summed E-state index contributed by atoms with van der Waals surface area (Å²) in [5, 5.41) is 11.4. The van der Waals surface area contributed by atoms with Crippen LogP contribution < -0.4 is 4.74 Å². The van der Waals surface area contributed by atoms with Gasteiger partial charge in [-0.25, -0.2) is 4.98 Å². The van der Waals surface area contributed by atoms with Crippen molar-refractivity contribution < 1.29 is 19.4 Å². The highest BCUT2D eigenvalue weighted by Crippen LogP contribution is 2.40. The van der Waals surface area contributed by atoms with Crippen molar-refractivity contribution in [1.82, 2.24) is 19.2 Å². The van der Waals surface area contributed by atoms with Crippen molar-refractivity contribution in [2.45, 2.75) is 13.0 Å². The Labute approximate surface area is 198 Å². The Balaban J connectivity index is 1.86. The van der Waals surface area contributed by atoms with E-state index in [1.165, 1.54) is 4.90 Å². The highest BCUT2D eigenvalue weighted by atomic mass is 16.5. The minimum Gasteiger partial charge on any atom is -0.505 e. The van der Waals surface area contributed by atoms with E-state index in [2.05, 4.69) is 11.6 Å². The number of hydrogen-bond acceptors (Lipinski definition) is 6. The van der Waals surface area contributed by atoms with E-state index in [0.29, 0.717) is 48.0 Å². The molecule has 1 N–H and O–H groups in total. The number of fused-ring (bicyclic) bond motifs is 1. The number of benzene rings is 1. The van der Waals surface area contributed by atoms with E-state index in [4.69, 9.17) is 4.74 Å². The van der Waals surface area contributed by atoms with Gasteiger partial charge in [-0.05, 0) is 50.8 Å². The van der Waals surface area contributed by atoms with Crippen LogP contribution in [0.4, 0.5) is 0 Å². The molecule has 2 aromatic heterocycles. The Morgan fingerprint density at radius 2 is 1.94 bits per heavy atom. The van der Waals surface area contributed by atoms with Crippen LogP contribution in [0.2, 0.25) is 0 Å². The summed E-state index contributed by atoms with van der Waals surface area (Å²) in [4.78, 5) is 34.3. The number of carbonyl (C=O) groups excluding carboxylic acids is 2. The summed E-state index contributed by atoms with van der Waals surface area (Å²) in [6.07, 6.45) is 3.43. The van der Waals surface area contributed by atoms with Crippen molar-refractivity contribution in [2.24, 2.45) is 0 Å². The van der Waals surface area contributed by atoms with Crippen LogP contribution in [0.15, 0.2) is 66.9 Å². The second-order valence-corrected chi connectivity index (χ2v) is 8.44. The summed E-state index contributed by atoms with van der Waals surface area (Å²) >= 11 is 0. The molecule has 1 aliphatic heterocycles. The first-order valence-electron chi connectivity index (χ1n) is 11.0. The second kappa shape index (κ2) is 9.52. The first-order chi connectivity index (χ1) is 16.3. The van der Waals surface area contributed by atoms with Crippen LogP contribution in [0.5, 0.6) is 5.75 Å². The van der Waals surface area contributed by atoms with Gasteiger partial charge in [-0.15, -0.1) is 0 Å². The minimum atomic E-state index is -0.734. The topological polar surface area (TPSA) is 87.4 Å². The number of imidazole rings is 1. The molecule has 1 saturated heterocycles. The number of ether oxygens (including phenoxy) is 1. The smallest absolute Gasteiger partial charge is 0.295 e. The van der Waals surface area contributed by atoms with E-state index in [0.717, 1.165) is 0 Å². The lowest BCUT2D eigenvalue weighted by atomic mass is 9.96. The van der Waals surface area contributed by atoms with Crippen LogP contribution in [0.1, 0.15) is 23.0 Å². The zero-order valence-electron chi connectivity index (χ0n) is 19.6. The molecule has 0 radical (unpaired) electrons. The van der Waals surface area contributed by atoms with Crippen LogP contribution in [-0.4, -0.2) is 69.8 Å². The molecule has 0 bridgehead atoms. The quantitative estimate of drug-likeness (QED) is 0.240. The predicted octanol–water partition coefficient (Wildman–Crippen LogP) is 3.19. The van der Waals surface area contributed by atoms with Gasteiger partial charge in [0.25, 0.3) is 11.7 Å². The summed E-state index contributed by atoms with van der Waals surface area (Å²) in [6.45, 7) is 6.69. The molecule has 176 valence electrons. The van der Waals surface area contributed by atoms with Crippen LogP contribution in [0.3, 0.4) is 0 Å². The second-order valence-electron chi connectivity index (χ2n) is 8.44.